The van der Waals surface area contributed by atoms with Gasteiger partial charge in [-0.05, 0) is 59.4 Å². The normalized spacial score (nSPS) is 17.1. The molecule has 0 radical (unpaired) electrons. The molecule has 1 aliphatic rings. The highest BCUT2D eigenvalue weighted by molar-refractivity contribution is 5.92. The summed E-state index contributed by atoms with van der Waals surface area (Å²) in [5.41, 5.74) is 3.60. The van der Waals surface area contributed by atoms with Crippen molar-refractivity contribution >= 4 is 22.4 Å². The fourth-order valence-electron chi connectivity index (χ4n) is 5.46. The van der Waals surface area contributed by atoms with Crippen molar-refractivity contribution in [2.75, 3.05) is 0 Å². The van der Waals surface area contributed by atoms with Crippen LogP contribution in [0.4, 0.5) is 8.78 Å². The highest BCUT2D eigenvalue weighted by atomic mass is 19.1. The minimum Gasteiger partial charge on any atom is -0.420 e. The summed E-state index contributed by atoms with van der Waals surface area (Å²) in [5.74, 6) is -2.77. The molecule has 1 heterocycles. The molecule has 0 spiro atoms. The minimum absolute atomic E-state index is 0.00803. The lowest BCUT2D eigenvalue weighted by molar-refractivity contribution is -0.129. The maximum atomic E-state index is 15.0. The van der Waals surface area contributed by atoms with Crippen LogP contribution >= 0.6 is 0 Å². The number of esters is 1. The van der Waals surface area contributed by atoms with Gasteiger partial charge in [0.2, 0.25) is 0 Å². The third-order valence-corrected chi connectivity index (χ3v) is 6.07. The highest BCUT2D eigenvalue weighted by Gasteiger charge is 2.37. The molecule has 1 aliphatic carbocycles. The van der Waals surface area contributed by atoms with Crippen molar-refractivity contribution in [1.29, 1.82) is 0 Å². The molecule has 0 bridgehead atoms. The molecular formula is C27H28F2N2O2. The van der Waals surface area contributed by atoms with Crippen LogP contribution in [0, 0.1) is 22.5 Å². The van der Waals surface area contributed by atoms with Crippen LogP contribution in [0.3, 0.4) is 0 Å². The van der Waals surface area contributed by atoms with Crippen LogP contribution in [0.15, 0.2) is 54.8 Å². The Morgan fingerprint density at radius 1 is 1.12 bits per heavy atom. The Kier molecular flexibility index (Phi) is 5.72. The second kappa shape index (κ2) is 8.25. The lowest BCUT2D eigenvalue weighted by Crippen LogP contribution is -2.30. The highest BCUT2D eigenvalue weighted by Crippen LogP contribution is 2.52. The third-order valence-electron chi connectivity index (χ3n) is 6.07. The lowest BCUT2D eigenvalue weighted by atomic mass is 9.62. The minimum atomic E-state index is -0.933. The van der Waals surface area contributed by atoms with Gasteiger partial charge in [-0.15, -0.1) is 0 Å². The molecule has 0 unspecified atom stereocenters. The maximum Gasteiger partial charge on any atom is 0.335 e. The molecule has 3 aromatic rings. The van der Waals surface area contributed by atoms with E-state index < -0.39 is 17.6 Å². The number of carbonyl (C=O) groups is 1. The van der Waals surface area contributed by atoms with E-state index in [1.54, 1.807) is 6.20 Å². The van der Waals surface area contributed by atoms with Gasteiger partial charge in [-0.3, -0.25) is 5.10 Å². The number of aromatic amines is 1. The number of rotatable bonds is 4. The van der Waals surface area contributed by atoms with Crippen LogP contribution in [-0.4, -0.2) is 16.2 Å². The number of ether oxygens (including phenoxy) is 1. The average Bonchev–Trinajstić information content (AvgIpc) is 3.16. The zero-order chi connectivity index (χ0) is 24.0. The summed E-state index contributed by atoms with van der Waals surface area (Å²) in [6, 6.07) is 7.70. The van der Waals surface area contributed by atoms with Crippen LogP contribution in [0.5, 0.6) is 5.75 Å². The molecular weight excluding hydrogens is 422 g/mol. The number of aromatic nitrogens is 2. The number of allylic oxidation sites excluding steroid dienone is 1. The molecule has 4 nitrogen and oxygen atoms in total. The Labute approximate surface area is 192 Å². The van der Waals surface area contributed by atoms with E-state index in [0.29, 0.717) is 5.57 Å². The van der Waals surface area contributed by atoms with Crippen LogP contribution in [0.25, 0.3) is 16.5 Å². The summed E-state index contributed by atoms with van der Waals surface area (Å²) in [6.07, 6.45) is 5.20. The Balaban J connectivity index is 2.04. The molecule has 172 valence electrons. The van der Waals surface area contributed by atoms with Crippen molar-refractivity contribution in [3.63, 3.8) is 0 Å². The maximum absolute atomic E-state index is 15.0. The van der Waals surface area contributed by atoms with Crippen molar-refractivity contribution < 1.29 is 18.3 Å². The van der Waals surface area contributed by atoms with E-state index >= 15 is 0 Å². The zero-order valence-electron chi connectivity index (χ0n) is 19.4. The molecule has 0 aliphatic heterocycles. The Morgan fingerprint density at radius 3 is 2.48 bits per heavy atom. The van der Waals surface area contributed by atoms with Gasteiger partial charge < -0.3 is 4.74 Å². The fourth-order valence-corrected chi connectivity index (χ4v) is 5.46. The quantitative estimate of drug-likeness (QED) is 0.265. The fraction of sp³-hybridized carbons (Fsp3) is 0.333. The monoisotopic (exact) mass is 450 g/mol. The molecule has 33 heavy (non-hydrogen) atoms. The van der Waals surface area contributed by atoms with Crippen molar-refractivity contribution in [2.24, 2.45) is 10.8 Å². The molecule has 1 aromatic heterocycles. The smallest absolute Gasteiger partial charge is 0.335 e. The Bertz CT molecular complexity index is 1270. The number of halogens is 2. The van der Waals surface area contributed by atoms with E-state index in [9.17, 15) is 13.6 Å². The summed E-state index contributed by atoms with van der Waals surface area (Å²) in [6.45, 7) is 12.2. The van der Waals surface area contributed by atoms with Crippen LogP contribution < -0.4 is 4.74 Å². The largest absolute Gasteiger partial charge is 0.420 e. The average molecular weight is 451 g/mol. The molecule has 4 rings (SSSR count). The first-order valence-electron chi connectivity index (χ1n) is 11.0. The van der Waals surface area contributed by atoms with Crippen LogP contribution in [0.1, 0.15) is 58.1 Å². The van der Waals surface area contributed by atoms with E-state index in [0.717, 1.165) is 53.4 Å². The van der Waals surface area contributed by atoms with E-state index in [2.05, 4.69) is 44.5 Å². The van der Waals surface area contributed by atoms with Crippen molar-refractivity contribution in [3.05, 3.63) is 77.5 Å². The summed E-state index contributed by atoms with van der Waals surface area (Å²) in [4.78, 5) is 12.0. The second-order valence-corrected chi connectivity index (χ2v) is 10.4. The number of nitrogens with one attached hydrogen (secondary N) is 1. The van der Waals surface area contributed by atoms with Crippen molar-refractivity contribution in [1.82, 2.24) is 10.2 Å². The predicted molar refractivity (Wildman–Crippen MR) is 126 cm³/mol. The molecule has 1 fully saturated rings. The summed E-state index contributed by atoms with van der Waals surface area (Å²) >= 11 is 0. The Hall–Kier alpha value is -3.28. The predicted octanol–water partition coefficient (Wildman–Crippen LogP) is 6.97. The summed E-state index contributed by atoms with van der Waals surface area (Å²) in [7, 11) is 0. The van der Waals surface area contributed by atoms with Gasteiger partial charge in [0.15, 0.2) is 11.6 Å². The van der Waals surface area contributed by atoms with Gasteiger partial charge in [0.25, 0.3) is 0 Å². The summed E-state index contributed by atoms with van der Waals surface area (Å²) in [5, 5.41) is 7.89. The SMILES string of the molecule is C=CC(=O)Oc1c(F)cc(F)cc1C(=C1CC(C)(C)CC(C)(C)C1)c1ccc2[nH]ncc2c1. The topological polar surface area (TPSA) is 55.0 Å². The van der Waals surface area contributed by atoms with Crippen LogP contribution in [0.2, 0.25) is 0 Å². The molecule has 2 aromatic carbocycles. The molecule has 1 saturated carbocycles. The van der Waals surface area contributed by atoms with Gasteiger partial charge in [0, 0.05) is 23.1 Å². The molecule has 0 amide bonds. The standard InChI is InChI=1S/C27H28F2N2O2/c1-6-23(32)33-25-20(10-19(28)11-21(25)29)24(16-7-8-22-17(9-16)14-30-31-22)18-12-26(2,3)15-27(4,5)13-18/h6-11,14H,1,12-13,15H2,2-5H3,(H,30,31). The number of benzene rings is 2. The van der Waals surface area contributed by atoms with Gasteiger partial charge in [-0.25, -0.2) is 13.6 Å². The number of nitrogens with zero attached hydrogens (tertiary/aromatic N) is 1. The van der Waals surface area contributed by atoms with E-state index in [1.807, 2.05) is 18.2 Å². The first-order chi connectivity index (χ1) is 15.5. The van der Waals surface area contributed by atoms with Gasteiger partial charge in [0.1, 0.15) is 5.82 Å². The number of hydrogen-bond donors (Lipinski definition) is 1. The van der Waals surface area contributed by atoms with Gasteiger partial charge in [0.05, 0.1) is 11.7 Å². The zero-order valence-corrected chi connectivity index (χ0v) is 19.4. The lowest BCUT2D eigenvalue weighted by Gasteiger charge is -2.43. The van der Waals surface area contributed by atoms with Gasteiger partial charge >= 0.3 is 5.97 Å². The molecule has 1 N–H and O–H groups in total. The molecule has 6 heteroatoms. The third kappa shape index (κ3) is 4.75. The van der Waals surface area contributed by atoms with Gasteiger partial charge in [-0.1, -0.05) is 45.9 Å². The van der Waals surface area contributed by atoms with E-state index in [1.165, 1.54) is 6.07 Å². The summed E-state index contributed by atoms with van der Waals surface area (Å²) < 4.78 is 34.8. The number of hydrogen-bond acceptors (Lipinski definition) is 3. The number of H-pyrrole nitrogens is 1. The Morgan fingerprint density at radius 2 is 1.82 bits per heavy atom. The van der Waals surface area contributed by atoms with Gasteiger partial charge in [-0.2, -0.15) is 5.10 Å². The van der Waals surface area contributed by atoms with Crippen LogP contribution in [-0.2, 0) is 4.79 Å². The van der Waals surface area contributed by atoms with E-state index in [-0.39, 0.29) is 22.1 Å². The second-order valence-electron chi connectivity index (χ2n) is 10.4. The molecule has 0 atom stereocenters. The number of fused-ring (bicyclic) bond motifs is 1. The number of carbonyl (C=O) groups excluding carboxylic acids is 1. The van der Waals surface area contributed by atoms with Crippen molar-refractivity contribution in [3.8, 4) is 5.75 Å². The molecule has 0 saturated heterocycles. The first-order valence-corrected chi connectivity index (χ1v) is 11.0. The first kappa shape index (κ1) is 22.9. The van der Waals surface area contributed by atoms with Crippen molar-refractivity contribution in [2.45, 2.75) is 47.0 Å². The van der Waals surface area contributed by atoms with E-state index in [4.69, 9.17) is 4.74 Å².